The third-order valence-electron chi connectivity index (χ3n) is 5.93. The van der Waals surface area contributed by atoms with E-state index >= 15 is 0 Å². The van der Waals surface area contributed by atoms with Crippen LogP contribution in [0.4, 0.5) is 0 Å². The molecule has 0 aromatic carbocycles. The molecule has 2 aliphatic carbocycles. The first-order valence-corrected chi connectivity index (χ1v) is 10.1. The van der Waals surface area contributed by atoms with Crippen molar-refractivity contribution in [3.63, 3.8) is 0 Å². The van der Waals surface area contributed by atoms with Crippen LogP contribution in [0.2, 0.25) is 0 Å². The molecule has 20 heavy (non-hydrogen) atoms. The summed E-state index contributed by atoms with van der Waals surface area (Å²) in [4.78, 5) is 12.4. The fourth-order valence-corrected chi connectivity index (χ4v) is 7.69. The Morgan fingerprint density at radius 1 is 1.30 bits per heavy atom. The van der Waals surface area contributed by atoms with Crippen LogP contribution in [-0.2, 0) is 14.8 Å². The zero-order chi connectivity index (χ0) is 14.6. The molecule has 0 N–H and O–H groups in total. The molecule has 2 bridgehead atoms. The summed E-state index contributed by atoms with van der Waals surface area (Å²) < 4.78 is 27.0. The minimum atomic E-state index is -3.32. The van der Waals surface area contributed by atoms with Gasteiger partial charge in [0.1, 0.15) is 5.78 Å². The standard InChI is InChI=1S/C14H23NO3S2/c1-13(2)11-3-4-14(13,12(16)9-11)10-20(17,18)15-5-7-19-8-6-15/h11H,3-10H2,1-2H3/t11-,14?/m0/s1. The highest BCUT2D eigenvalue weighted by Crippen LogP contribution is 2.64. The molecule has 1 aliphatic heterocycles. The number of ketones is 1. The highest BCUT2D eigenvalue weighted by Gasteiger charge is 2.65. The van der Waals surface area contributed by atoms with Crippen molar-refractivity contribution in [3.8, 4) is 0 Å². The largest absolute Gasteiger partial charge is 0.299 e. The predicted octanol–water partition coefficient (Wildman–Crippen LogP) is 1.76. The highest BCUT2D eigenvalue weighted by molar-refractivity contribution is 7.99. The Balaban J connectivity index is 1.88. The minimum Gasteiger partial charge on any atom is -0.299 e. The van der Waals surface area contributed by atoms with Crippen molar-refractivity contribution in [2.24, 2.45) is 16.7 Å². The lowest BCUT2D eigenvalue weighted by molar-refractivity contribution is -0.128. The molecule has 3 rings (SSSR count). The molecule has 1 unspecified atom stereocenters. The number of nitrogens with zero attached hydrogens (tertiary/aromatic N) is 1. The van der Waals surface area contributed by atoms with Gasteiger partial charge in [0.15, 0.2) is 0 Å². The van der Waals surface area contributed by atoms with Gasteiger partial charge in [0.2, 0.25) is 10.0 Å². The fraction of sp³-hybridized carbons (Fsp3) is 0.929. The number of carbonyl (C=O) groups is 1. The van der Waals surface area contributed by atoms with Crippen LogP contribution in [0.1, 0.15) is 33.1 Å². The molecule has 1 saturated heterocycles. The number of Topliss-reactive ketones (excluding diaryl/α,β-unsaturated/α-hetero) is 1. The van der Waals surface area contributed by atoms with E-state index in [0.29, 0.717) is 25.4 Å². The monoisotopic (exact) mass is 317 g/mol. The van der Waals surface area contributed by atoms with E-state index < -0.39 is 15.4 Å². The minimum absolute atomic E-state index is 0.0347. The van der Waals surface area contributed by atoms with E-state index in [2.05, 4.69) is 13.8 Å². The van der Waals surface area contributed by atoms with E-state index in [1.807, 2.05) is 0 Å². The number of hydrogen-bond acceptors (Lipinski definition) is 4. The third-order valence-corrected chi connectivity index (χ3v) is 8.88. The van der Waals surface area contributed by atoms with Gasteiger partial charge in [-0.15, -0.1) is 0 Å². The summed E-state index contributed by atoms with van der Waals surface area (Å²) >= 11 is 1.80. The van der Waals surface area contributed by atoms with Crippen LogP contribution in [0.25, 0.3) is 0 Å². The molecule has 3 fully saturated rings. The molecule has 2 atom stereocenters. The van der Waals surface area contributed by atoms with Crippen molar-refractivity contribution in [3.05, 3.63) is 0 Å². The quantitative estimate of drug-likeness (QED) is 0.796. The van der Waals surface area contributed by atoms with Crippen LogP contribution in [0.3, 0.4) is 0 Å². The van der Waals surface area contributed by atoms with Crippen molar-refractivity contribution >= 4 is 27.6 Å². The molecule has 0 aromatic heterocycles. The number of fused-ring (bicyclic) bond motifs is 2. The van der Waals surface area contributed by atoms with Gasteiger partial charge in [0, 0.05) is 36.4 Å². The van der Waals surface area contributed by atoms with Crippen LogP contribution in [0.15, 0.2) is 0 Å². The van der Waals surface area contributed by atoms with Crippen molar-refractivity contribution in [2.45, 2.75) is 33.1 Å². The van der Waals surface area contributed by atoms with Crippen molar-refractivity contribution in [1.29, 1.82) is 0 Å². The Bertz CT molecular complexity index is 523. The van der Waals surface area contributed by atoms with E-state index in [9.17, 15) is 13.2 Å². The van der Waals surface area contributed by atoms with Gasteiger partial charge in [-0.2, -0.15) is 11.8 Å². The van der Waals surface area contributed by atoms with Crippen LogP contribution < -0.4 is 0 Å². The Morgan fingerprint density at radius 3 is 2.45 bits per heavy atom. The van der Waals surface area contributed by atoms with Gasteiger partial charge >= 0.3 is 0 Å². The maximum Gasteiger partial charge on any atom is 0.215 e. The van der Waals surface area contributed by atoms with Gasteiger partial charge in [-0.3, -0.25) is 4.79 Å². The zero-order valence-corrected chi connectivity index (χ0v) is 13.9. The van der Waals surface area contributed by atoms with E-state index in [-0.39, 0.29) is 17.0 Å². The summed E-state index contributed by atoms with van der Waals surface area (Å²) in [5.74, 6) is 2.33. The van der Waals surface area contributed by atoms with Crippen molar-refractivity contribution in [1.82, 2.24) is 4.31 Å². The Labute approximate surface area is 125 Å². The molecule has 114 valence electrons. The first-order valence-electron chi connectivity index (χ1n) is 7.38. The molecule has 4 nitrogen and oxygen atoms in total. The predicted molar refractivity (Wildman–Crippen MR) is 81.2 cm³/mol. The number of sulfonamides is 1. The first kappa shape index (κ1) is 14.9. The molecule has 0 radical (unpaired) electrons. The second-order valence-corrected chi connectivity index (χ2v) is 10.1. The normalized spacial score (nSPS) is 37.5. The van der Waals surface area contributed by atoms with Crippen LogP contribution >= 0.6 is 11.8 Å². The second kappa shape index (κ2) is 4.71. The number of hydrogen-bond donors (Lipinski definition) is 0. The summed E-state index contributed by atoms with van der Waals surface area (Å²) in [5, 5.41) is 0. The first-order chi connectivity index (χ1) is 9.30. The molecule has 6 heteroatoms. The van der Waals surface area contributed by atoms with Gasteiger partial charge in [-0.1, -0.05) is 13.8 Å². The average molecular weight is 317 g/mol. The summed E-state index contributed by atoms with van der Waals surface area (Å²) in [6.45, 7) is 5.39. The van der Waals surface area contributed by atoms with Gasteiger partial charge in [0.05, 0.1) is 5.75 Å². The molecule has 1 heterocycles. The number of thioether (sulfide) groups is 1. The van der Waals surface area contributed by atoms with Gasteiger partial charge in [-0.05, 0) is 24.2 Å². The van der Waals surface area contributed by atoms with Crippen LogP contribution in [-0.4, -0.2) is 48.9 Å². The van der Waals surface area contributed by atoms with Crippen molar-refractivity contribution in [2.75, 3.05) is 30.3 Å². The lowest BCUT2D eigenvalue weighted by atomic mass is 9.70. The van der Waals surface area contributed by atoms with Crippen LogP contribution in [0.5, 0.6) is 0 Å². The Kier molecular flexibility index (Phi) is 3.50. The fourth-order valence-electron chi connectivity index (χ4n) is 4.34. The summed E-state index contributed by atoms with van der Waals surface area (Å²) in [6.07, 6.45) is 2.34. The van der Waals surface area contributed by atoms with Gasteiger partial charge in [-0.25, -0.2) is 12.7 Å². The molecular formula is C14H23NO3S2. The lowest BCUT2D eigenvalue weighted by Gasteiger charge is -2.38. The molecule has 2 saturated carbocycles. The van der Waals surface area contributed by atoms with Crippen molar-refractivity contribution < 1.29 is 13.2 Å². The molecule has 0 aromatic rings. The number of carbonyl (C=O) groups excluding carboxylic acids is 1. The number of rotatable bonds is 3. The van der Waals surface area contributed by atoms with E-state index in [1.165, 1.54) is 0 Å². The topological polar surface area (TPSA) is 54.5 Å². The maximum atomic E-state index is 12.7. The van der Waals surface area contributed by atoms with Gasteiger partial charge in [0.25, 0.3) is 0 Å². The smallest absolute Gasteiger partial charge is 0.215 e. The molecule has 3 aliphatic rings. The lowest BCUT2D eigenvalue weighted by Crippen LogP contribution is -2.48. The highest BCUT2D eigenvalue weighted by atomic mass is 32.2. The van der Waals surface area contributed by atoms with Crippen LogP contribution in [0, 0.1) is 16.7 Å². The SMILES string of the molecule is CC1(C)[C@H]2CCC1(CS(=O)(=O)N1CCSCC1)C(=O)C2. The second-order valence-electron chi connectivity index (χ2n) is 6.93. The van der Waals surface area contributed by atoms with E-state index in [0.717, 1.165) is 24.3 Å². The molecule has 0 amide bonds. The third kappa shape index (κ3) is 1.98. The Morgan fingerprint density at radius 2 is 1.95 bits per heavy atom. The Hall–Kier alpha value is -0.0700. The van der Waals surface area contributed by atoms with E-state index in [1.54, 1.807) is 16.1 Å². The van der Waals surface area contributed by atoms with Gasteiger partial charge < -0.3 is 0 Å². The molecule has 0 spiro atoms. The average Bonchev–Trinajstić information content (AvgIpc) is 2.73. The maximum absolute atomic E-state index is 12.7. The van der Waals surface area contributed by atoms with E-state index in [4.69, 9.17) is 0 Å². The summed E-state index contributed by atoms with van der Waals surface area (Å²) in [5.41, 5.74) is -0.789. The summed E-state index contributed by atoms with van der Waals surface area (Å²) in [7, 11) is -3.32. The summed E-state index contributed by atoms with van der Waals surface area (Å²) in [6, 6.07) is 0. The zero-order valence-electron chi connectivity index (χ0n) is 12.2. The molecular weight excluding hydrogens is 294 g/mol.